The molecule has 2 aromatic rings. The summed E-state index contributed by atoms with van der Waals surface area (Å²) in [7, 11) is 0. The Morgan fingerprint density at radius 2 is 1.77 bits per heavy atom. The van der Waals surface area contributed by atoms with Gasteiger partial charge in [0.2, 0.25) is 6.10 Å². The van der Waals surface area contributed by atoms with E-state index in [-0.39, 0.29) is 0 Å². The summed E-state index contributed by atoms with van der Waals surface area (Å²) in [5.41, 5.74) is -1.01. The average molecular weight is 429 g/mol. The molecule has 162 valence electrons. The van der Waals surface area contributed by atoms with E-state index in [1.165, 1.54) is 0 Å². The van der Waals surface area contributed by atoms with E-state index in [1.54, 1.807) is 50.2 Å². The highest BCUT2D eigenvalue weighted by Crippen LogP contribution is 2.60. The topological polar surface area (TPSA) is 59.3 Å². The highest BCUT2D eigenvalue weighted by Gasteiger charge is 2.62. The number of carbonyl (C=O) groups excluding carboxylic acids is 1. The molecule has 0 N–H and O–H groups in total. The third kappa shape index (κ3) is 5.08. The van der Waals surface area contributed by atoms with Gasteiger partial charge in [-0.15, -0.1) is 0 Å². The molecular weight excluding hydrogens is 407 g/mol. The highest BCUT2D eigenvalue weighted by molar-refractivity contribution is 5.78. The molecule has 1 aliphatic carbocycles. The van der Waals surface area contributed by atoms with E-state index in [0.29, 0.717) is 17.1 Å². The lowest BCUT2D eigenvalue weighted by molar-refractivity contribution is -0.149. The number of benzene rings is 2. The van der Waals surface area contributed by atoms with Crippen LogP contribution in [-0.2, 0) is 9.53 Å². The number of alkyl halides is 3. The number of rotatable bonds is 6. The van der Waals surface area contributed by atoms with Crippen LogP contribution in [0, 0.1) is 28.6 Å². The molecule has 1 saturated carbocycles. The highest BCUT2D eigenvalue weighted by atomic mass is 19.4. The van der Waals surface area contributed by atoms with Crippen molar-refractivity contribution < 1.29 is 27.4 Å². The lowest BCUT2D eigenvalue weighted by Crippen LogP contribution is -2.14. The van der Waals surface area contributed by atoms with Crippen molar-refractivity contribution in [1.29, 1.82) is 5.26 Å². The SMILES string of the molecule is C/C(=C\[C@H]1[C@@H](C(=O)OC(C#N)c2cccc(Oc3ccccc3)c2)C1(C)C)C(F)(F)F. The molecule has 0 amide bonds. The predicted molar refractivity (Wildman–Crippen MR) is 108 cm³/mol. The van der Waals surface area contributed by atoms with Crippen molar-refractivity contribution in [1.82, 2.24) is 0 Å². The molecule has 1 aliphatic rings. The molecule has 7 heteroatoms. The molecule has 0 bridgehead atoms. The Morgan fingerprint density at radius 1 is 1.13 bits per heavy atom. The molecular formula is C24H22F3NO3. The molecule has 0 aliphatic heterocycles. The van der Waals surface area contributed by atoms with Crippen molar-refractivity contribution in [3.05, 3.63) is 71.8 Å². The minimum absolute atomic E-state index is 0.418. The molecule has 0 saturated heterocycles. The number of nitrogens with zero attached hydrogens (tertiary/aromatic N) is 1. The number of ether oxygens (including phenoxy) is 2. The third-order valence-corrected chi connectivity index (χ3v) is 5.53. The van der Waals surface area contributed by atoms with Gasteiger partial charge in [-0.25, -0.2) is 0 Å². The summed E-state index contributed by atoms with van der Waals surface area (Å²) in [4.78, 5) is 12.7. The number of hydrogen-bond acceptors (Lipinski definition) is 4. The largest absolute Gasteiger partial charge is 0.457 e. The van der Waals surface area contributed by atoms with Crippen LogP contribution in [0.15, 0.2) is 66.2 Å². The van der Waals surface area contributed by atoms with Gasteiger partial charge in [-0.3, -0.25) is 4.79 Å². The number of esters is 1. The quantitative estimate of drug-likeness (QED) is 0.396. The van der Waals surface area contributed by atoms with Crippen LogP contribution < -0.4 is 4.74 Å². The Morgan fingerprint density at radius 3 is 2.39 bits per heavy atom. The van der Waals surface area contributed by atoms with Crippen molar-refractivity contribution in [2.75, 3.05) is 0 Å². The second-order valence-corrected chi connectivity index (χ2v) is 8.11. The summed E-state index contributed by atoms with van der Waals surface area (Å²) in [6, 6.07) is 17.6. The first-order valence-corrected chi connectivity index (χ1v) is 9.72. The summed E-state index contributed by atoms with van der Waals surface area (Å²) >= 11 is 0. The molecule has 0 radical (unpaired) electrons. The Bertz CT molecular complexity index is 1020. The van der Waals surface area contributed by atoms with Crippen LogP contribution in [0.5, 0.6) is 11.5 Å². The minimum atomic E-state index is -4.44. The van der Waals surface area contributed by atoms with Gasteiger partial charge in [-0.2, -0.15) is 18.4 Å². The van der Waals surface area contributed by atoms with E-state index in [0.717, 1.165) is 13.0 Å². The number of hydrogen-bond donors (Lipinski definition) is 0. The van der Waals surface area contributed by atoms with Gasteiger partial charge in [-0.05, 0) is 42.5 Å². The van der Waals surface area contributed by atoms with Gasteiger partial charge in [0.1, 0.15) is 17.6 Å². The molecule has 3 atom stereocenters. The number of allylic oxidation sites excluding steroid dienone is 2. The van der Waals surface area contributed by atoms with Crippen LogP contribution in [0.2, 0.25) is 0 Å². The van der Waals surface area contributed by atoms with Gasteiger partial charge in [-0.1, -0.05) is 50.3 Å². The molecule has 0 heterocycles. The van der Waals surface area contributed by atoms with Gasteiger partial charge in [0.25, 0.3) is 0 Å². The maximum Gasteiger partial charge on any atom is 0.412 e. The van der Waals surface area contributed by atoms with E-state index in [2.05, 4.69) is 0 Å². The fraction of sp³-hybridized carbons (Fsp3) is 0.333. The molecule has 1 fully saturated rings. The van der Waals surface area contributed by atoms with Crippen molar-refractivity contribution in [3.8, 4) is 17.6 Å². The van der Waals surface area contributed by atoms with E-state index < -0.39 is 41.1 Å². The molecule has 1 unspecified atom stereocenters. The number of para-hydroxylation sites is 1. The van der Waals surface area contributed by atoms with Crippen LogP contribution in [0.3, 0.4) is 0 Å². The summed E-state index contributed by atoms with van der Waals surface area (Å²) in [6.07, 6.45) is -4.57. The molecule has 31 heavy (non-hydrogen) atoms. The Hall–Kier alpha value is -3.27. The summed E-state index contributed by atoms with van der Waals surface area (Å²) in [6.45, 7) is 4.39. The standard InChI is InChI=1S/C24H22F3NO3/c1-15(24(25,26)27)12-19-21(23(19,2)3)22(29)31-20(14-28)16-8-7-11-18(13-16)30-17-9-5-4-6-10-17/h4-13,19-21H,1-3H3/b15-12+/t19-,20?,21-/m0/s1. The first kappa shape index (κ1) is 22.4. The zero-order chi connectivity index (χ0) is 22.8. The lowest BCUT2D eigenvalue weighted by Gasteiger charge is -2.13. The zero-order valence-corrected chi connectivity index (χ0v) is 17.3. The zero-order valence-electron chi connectivity index (χ0n) is 17.3. The molecule has 3 rings (SSSR count). The van der Waals surface area contributed by atoms with E-state index in [1.807, 2.05) is 24.3 Å². The Kier molecular flexibility index (Phi) is 6.12. The lowest BCUT2D eigenvalue weighted by atomic mass is 10.1. The summed E-state index contributed by atoms with van der Waals surface area (Å²) < 4.78 is 49.7. The molecule has 0 spiro atoms. The first-order chi connectivity index (χ1) is 14.5. The van der Waals surface area contributed by atoms with Gasteiger partial charge < -0.3 is 9.47 Å². The van der Waals surface area contributed by atoms with Crippen LogP contribution >= 0.6 is 0 Å². The van der Waals surface area contributed by atoms with E-state index >= 15 is 0 Å². The first-order valence-electron chi connectivity index (χ1n) is 9.72. The second kappa shape index (κ2) is 8.46. The maximum absolute atomic E-state index is 12.9. The van der Waals surface area contributed by atoms with Crippen molar-refractivity contribution in [3.63, 3.8) is 0 Å². The average Bonchev–Trinajstić information content (AvgIpc) is 3.26. The van der Waals surface area contributed by atoms with E-state index in [4.69, 9.17) is 9.47 Å². The smallest absolute Gasteiger partial charge is 0.412 e. The Labute approximate surface area is 178 Å². The van der Waals surface area contributed by atoms with Gasteiger partial charge in [0.05, 0.1) is 5.92 Å². The number of nitriles is 1. The minimum Gasteiger partial charge on any atom is -0.457 e. The fourth-order valence-corrected chi connectivity index (χ4v) is 3.53. The van der Waals surface area contributed by atoms with Crippen molar-refractivity contribution in [2.24, 2.45) is 17.3 Å². The van der Waals surface area contributed by atoms with Gasteiger partial charge >= 0.3 is 12.1 Å². The predicted octanol–water partition coefficient (Wildman–Crippen LogP) is 6.37. The number of carbonyl (C=O) groups is 1. The van der Waals surface area contributed by atoms with Crippen LogP contribution in [-0.4, -0.2) is 12.1 Å². The van der Waals surface area contributed by atoms with Crippen LogP contribution in [0.4, 0.5) is 13.2 Å². The molecule has 0 aromatic heterocycles. The monoisotopic (exact) mass is 429 g/mol. The summed E-state index contributed by atoms with van der Waals surface area (Å²) in [5.74, 6) is -0.965. The van der Waals surface area contributed by atoms with Gasteiger partial charge in [0.15, 0.2) is 0 Å². The fourth-order valence-electron chi connectivity index (χ4n) is 3.53. The second-order valence-electron chi connectivity index (χ2n) is 8.11. The van der Waals surface area contributed by atoms with Crippen molar-refractivity contribution in [2.45, 2.75) is 33.1 Å². The maximum atomic E-state index is 12.9. The van der Waals surface area contributed by atoms with Crippen LogP contribution in [0.1, 0.15) is 32.4 Å². The Balaban J connectivity index is 1.72. The number of halogens is 3. The molecule has 4 nitrogen and oxygen atoms in total. The van der Waals surface area contributed by atoms with Crippen LogP contribution in [0.25, 0.3) is 0 Å². The van der Waals surface area contributed by atoms with E-state index in [9.17, 15) is 23.2 Å². The summed E-state index contributed by atoms with van der Waals surface area (Å²) in [5, 5.41) is 9.53. The van der Waals surface area contributed by atoms with Crippen molar-refractivity contribution >= 4 is 5.97 Å². The third-order valence-electron chi connectivity index (χ3n) is 5.53. The van der Waals surface area contributed by atoms with Gasteiger partial charge in [0, 0.05) is 11.1 Å². The normalized spacial score (nSPS) is 21.0. The molecule has 2 aromatic carbocycles.